The summed E-state index contributed by atoms with van der Waals surface area (Å²) in [7, 11) is 0. The highest BCUT2D eigenvalue weighted by molar-refractivity contribution is 6.38. The Morgan fingerprint density at radius 3 is 1.98 bits per heavy atom. The molecule has 0 atom stereocenters. The quantitative estimate of drug-likeness (QED) is 0.146. The van der Waals surface area contributed by atoms with Gasteiger partial charge in [-0.2, -0.15) is 26.3 Å². The SMILES string of the molecule is Fc1ccc2c(c1)Nc1ncccc1-c1[nH]c(-c3c(Cl)cncc3Cl)nc1-2.O=C(O)C(F)(F)F.O=C(O)C(F)(F)F. The van der Waals surface area contributed by atoms with Crippen molar-refractivity contribution in [2.24, 2.45) is 0 Å². The molecule has 0 fully saturated rings. The Morgan fingerprint density at radius 2 is 1.44 bits per heavy atom. The molecule has 4 heterocycles. The van der Waals surface area contributed by atoms with Crippen molar-refractivity contribution in [3.05, 3.63) is 64.8 Å². The number of anilines is 2. The molecule has 0 radical (unpaired) electrons. The number of carbonyl (C=O) groups is 2. The molecule has 0 saturated carbocycles. The number of alkyl halides is 6. The summed E-state index contributed by atoms with van der Waals surface area (Å²) in [5.74, 6) is -4.76. The van der Waals surface area contributed by atoms with Gasteiger partial charge in [-0.05, 0) is 30.3 Å². The van der Waals surface area contributed by atoms with Crippen LogP contribution in [-0.4, -0.2) is 54.4 Å². The van der Waals surface area contributed by atoms with Gasteiger partial charge in [0.05, 0.1) is 32.7 Å². The fourth-order valence-electron chi connectivity index (χ4n) is 3.18. The Labute approximate surface area is 233 Å². The fraction of sp³-hybridized carbons (Fsp3) is 0.0870. The van der Waals surface area contributed by atoms with Crippen LogP contribution >= 0.6 is 23.2 Å². The molecule has 1 aromatic carbocycles. The first-order valence-electron chi connectivity index (χ1n) is 10.5. The number of halogens is 9. The van der Waals surface area contributed by atoms with Crippen molar-refractivity contribution in [3.8, 4) is 33.9 Å². The molecule has 216 valence electrons. The number of nitrogens with zero attached hydrogens (tertiary/aromatic N) is 3. The van der Waals surface area contributed by atoms with Crippen molar-refractivity contribution in [2.45, 2.75) is 12.4 Å². The Bertz CT molecular complexity index is 1570. The average molecular weight is 626 g/mol. The second-order valence-corrected chi connectivity index (χ2v) is 8.42. The van der Waals surface area contributed by atoms with Gasteiger partial charge in [0.15, 0.2) is 0 Å². The van der Waals surface area contributed by atoms with E-state index in [9.17, 15) is 30.7 Å². The number of carboxylic acid groups (broad SMARTS) is 2. The Hall–Kier alpha value is -4.44. The number of hydrogen-bond acceptors (Lipinski definition) is 6. The van der Waals surface area contributed by atoms with Crippen molar-refractivity contribution < 1.29 is 50.5 Å². The molecule has 4 N–H and O–H groups in total. The molecule has 5 rings (SSSR count). The zero-order valence-electron chi connectivity index (χ0n) is 19.6. The van der Waals surface area contributed by atoms with Crippen molar-refractivity contribution in [1.82, 2.24) is 19.9 Å². The number of aromatic amines is 1. The Balaban J connectivity index is 0.000000276. The lowest BCUT2D eigenvalue weighted by Gasteiger charge is -2.09. The number of carboxylic acids is 2. The lowest BCUT2D eigenvalue weighted by Crippen LogP contribution is -2.21. The van der Waals surface area contributed by atoms with E-state index in [2.05, 4.69) is 20.3 Å². The second-order valence-electron chi connectivity index (χ2n) is 7.61. The van der Waals surface area contributed by atoms with Gasteiger partial charge in [0.2, 0.25) is 0 Å². The minimum Gasteiger partial charge on any atom is -0.475 e. The third-order valence-corrected chi connectivity index (χ3v) is 5.42. The standard InChI is InChI=1S/C19H10Cl2FN5.2C2HF3O2/c20-12-7-23-8-13(21)15(12)19-26-16-10-4-3-9(22)6-14(10)25-18-11(17(16)27-19)2-1-5-24-18;2*3-2(4,5)1(6)7/h1-8H,(H,24,25)(H,26,27);2*(H,6,7). The molecule has 1 aliphatic rings. The van der Waals surface area contributed by atoms with E-state index in [1.54, 1.807) is 12.3 Å². The van der Waals surface area contributed by atoms with E-state index in [0.717, 1.165) is 16.8 Å². The van der Waals surface area contributed by atoms with Gasteiger partial charge in [-0.3, -0.25) is 4.98 Å². The van der Waals surface area contributed by atoms with Gasteiger partial charge in [-0.25, -0.2) is 23.9 Å². The van der Waals surface area contributed by atoms with E-state index >= 15 is 0 Å². The van der Waals surface area contributed by atoms with Crippen LogP contribution in [0.2, 0.25) is 10.0 Å². The summed E-state index contributed by atoms with van der Waals surface area (Å²) in [5.41, 5.74) is 4.09. The lowest BCUT2D eigenvalue weighted by atomic mass is 10.1. The summed E-state index contributed by atoms with van der Waals surface area (Å²) in [6, 6.07) is 8.24. The van der Waals surface area contributed by atoms with Gasteiger partial charge in [0.25, 0.3) is 0 Å². The van der Waals surface area contributed by atoms with Crippen LogP contribution in [0.1, 0.15) is 0 Å². The van der Waals surface area contributed by atoms with E-state index < -0.39 is 24.3 Å². The minimum atomic E-state index is -5.08. The predicted octanol–water partition coefficient (Wildman–Crippen LogP) is 6.97. The summed E-state index contributed by atoms with van der Waals surface area (Å²) in [6.45, 7) is 0. The highest BCUT2D eigenvalue weighted by Gasteiger charge is 2.39. The summed E-state index contributed by atoms with van der Waals surface area (Å²) in [5, 5.41) is 18.2. The van der Waals surface area contributed by atoms with Crippen LogP contribution in [0.15, 0.2) is 48.9 Å². The molecule has 0 aliphatic carbocycles. The molecule has 0 amide bonds. The third kappa shape index (κ3) is 7.40. The Morgan fingerprint density at radius 1 is 0.878 bits per heavy atom. The van der Waals surface area contributed by atoms with Crippen molar-refractivity contribution in [2.75, 3.05) is 5.32 Å². The molecule has 0 spiro atoms. The Kier molecular flexibility index (Phi) is 9.08. The number of fused-ring (bicyclic) bond motifs is 5. The topological polar surface area (TPSA) is 141 Å². The largest absolute Gasteiger partial charge is 0.490 e. The average Bonchev–Trinajstić information content (AvgIpc) is 3.23. The van der Waals surface area contributed by atoms with Gasteiger partial charge in [-0.15, -0.1) is 0 Å². The number of hydrogen-bond donors (Lipinski definition) is 4. The molecular weight excluding hydrogens is 614 g/mol. The van der Waals surface area contributed by atoms with Crippen LogP contribution in [0.3, 0.4) is 0 Å². The number of aliphatic carboxylic acids is 2. The molecule has 4 aromatic rings. The number of imidazole rings is 1. The molecular formula is C23H12Cl2F7N5O4. The normalized spacial score (nSPS) is 11.6. The summed E-state index contributed by atoms with van der Waals surface area (Å²) >= 11 is 12.6. The number of benzene rings is 1. The zero-order valence-corrected chi connectivity index (χ0v) is 21.1. The maximum atomic E-state index is 13.8. The maximum absolute atomic E-state index is 13.8. The van der Waals surface area contributed by atoms with Crippen LogP contribution in [-0.2, 0) is 9.59 Å². The number of pyridine rings is 2. The first-order valence-corrected chi connectivity index (χ1v) is 11.3. The zero-order chi connectivity index (χ0) is 30.7. The summed E-state index contributed by atoms with van der Waals surface area (Å²) in [4.78, 5) is 34.2. The van der Waals surface area contributed by atoms with E-state index in [1.165, 1.54) is 24.5 Å². The molecule has 41 heavy (non-hydrogen) atoms. The smallest absolute Gasteiger partial charge is 0.475 e. The highest BCUT2D eigenvalue weighted by Crippen LogP contribution is 2.44. The van der Waals surface area contributed by atoms with Crippen molar-refractivity contribution in [3.63, 3.8) is 0 Å². The summed E-state index contributed by atoms with van der Waals surface area (Å²) in [6.07, 6.45) is -5.47. The number of nitrogens with one attached hydrogen (secondary N) is 2. The molecule has 0 unspecified atom stereocenters. The van der Waals surface area contributed by atoms with Crippen LogP contribution in [0.5, 0.6) is 0 Å². The minimum absolute atomic E-state index is 0.349. The molecule has 3 aromatic heterocycles. The van der Waals surface area contributed by atoms with Crippen molar-refractivity contribution >= 4 is 46.6 Å². The molecule has 18 heteroatoms. The van der Waals surface area contributed by atoms with Gasteiger partial charge in [0, 0.05) is 29.7 Å². The van der Waals surface area contributed by atoms with Crippen LogP contribution in [0.25, 0.3) is 33.9 Å². The van der Waals surface area contributed by atoms with Crippen LogP contribution < -0.4 is 5.32 Å². The first-order chi connectivity index (χ1) is 19.0. The maximum Gasteiger partial charge on any atom is 0.490 e. The number of rotatable bonds is 1. The van der Waals surface area contributed by atoms with Gasteiger partial charge in [0.1, 0.15) is 17.5 Å². The number of aromatic nitrogens is 4. The lowest BCUT2D eigenvalue weighted by molar-refractivity contribution is -0.193. The van der Waals surface area contributed by atoms with E-state index in [4.69, 9.17) is 48.0 Å². The first kappa shape index (κ1) is 31.1. The summed E-state index contributed by atoms with van der Waals surface area (Å²) < 4.78 is 77.3. The van der Waals surface area contributed by atoms with Crippen LogP contribution in [0, 0.1) is 5.82 Å². The third-order valence-electron chi connectivity index (χ3n) is 4.85. The molecule has 0 saturated heterocycles. The second kappa shape index (κ2) is 12.0. The predicted molar refractivity (Wildman–Crippen MR) is 131 cm³/mol. The van der Waals surface area contributed by atoms with Crippen LogP contribution in [0.4, 0.5) is 42.2 Å². The number of H-pyrrole nitrogens is 1. The molecule has 1 aliphatic heterocycles. The van der Waals surface area contributed by atoms with E-state index in [1.807, 2.05) is 12.1 Å². The van der Waals surface area contributed by atoms with Gasteiger partial charge in [-0.1, -0.05) is 23.2 Å². The van der Waals surface area contributed by atoms with Gasteiger partial charge >= 0.3 is 24.3 Å². The van der Waals surface area contributed by atoms with E-state index in [-0.39, 0.29) is 5.82 Å². The monoisotopic (exact) mass is 625 g/mol. The fourth-order valence-corrected chi connectivity index (χ4v) is 3.72. The van der Waals surface area contributed by atoms with Gasteiger partial charge < -0.3 is 20.5 Å². The highest BCUT2D eigenvalue weighted by atomic mass is 35.5. The van der Waals surface area contributed by atoms with E-state index in [0.29, 0.717) is 38.6 Å². The molecule has 9 nitrogen and oxygen atoms in total. The van der Waals surface area contributed by atoms with Crippen molar-refractivity contribution in [1.29, 1.82) is 0 Å². The molecule has 0 bridgehead atoms.